The highest BCUT2D eigenvalue weighted by Crippen LogP contribution is 2.31. The molecule has 1 aliphatic carbocycles. The first-order chi connectivity index (χ1) is 7.27. The smallest absolute Gasteiger partial charge is 0.437 e. The van der Waals surface area contributed by atoms with E-state index >= 15 is 0 Å². The number of methoxy groups -OCH3 is 1. The second kappa shape index (κ2) is 4.58. The fraction of sp³-hybridized carbons (Fsp3) is 0.889. The van der Waals surface area contributed by atoms with E-state index in [0.29, 0.717) is 12.8 Å². The van der Waals surface area contributed by atoms with Gasteiger partial charge in [0.15, 0.2) is 5.72 Å². The highest BCUT2D eigenvalue weighted by molar-refractivity contribution is 5.76. The zero-order valence-electron chi connectivity index (χ0n) is 8.84. The predicted molar refractivity (Wildman–Crippen MR) is 48.3 cm³/mol. The Balaban J connectivity index is 2.61. The summed E-state index contributed by atoms with van der Waals surface area (Å²) in [5, 5.41) is 0. The van der Waals surface area contributed by atoms with Gasteiger partial charge in [-0.1, -0.05) is 0 Å². The van der Waals surface area contributed by atoms with Crippen LogP contribution in [0.5, 0.6) is 0 Å². The molecule has 0 aromatic carbocycles. The van der Waals surface area contributed by atoms with Gasteiger partial charge in [-0.2, -0.15) is 13.2 Å². The normalized spacial score (nSPS) is 31.2. The monoisotopic (exact) mass is 241 g/mol. The van der Waals surface area contributed by atoms with Crippen LogP contribution >= 0.6 is 0 Å². The van der Waals surface area contributed by atoms with Gasteiger partial charge in [0.05, 0.1) is 6.10 Å². The third-order valence-electron chi connectivity index (χ3n) is 2.56. The molecular formula is C9H14F3NO3. The Morgan fingerprint density at radius 1 is 1.50 bits per heavy atom. The van der Waals surface area contributed by atoms with Crippen molar-refractivity contribution in [2.24, 2.45) is 5.73 Å². The predicted octanol–water partition coefficient (Wildman–Crippen LogP) is 1.34. The number of esters is 1. The minimum absolute atomic E-state index is 0.0886. The number of hydrogen-bond acceptors (Lipinski definition) is 4. The summed E-state index contributed by atoms with van der Waals surface area (Å²) in [5.74, 6) is -2.24. The number of halogens is 3. The summed E-state index contributed by atoms with van der Waals surface area (Å²) in [7, 11) is 1.45. The van der Waals surface area contributed by atoms with E-state index < -0.39 is 17.9 Å². The number of hydrogen-bond donors (Lipinski definition) is 1. The molecule has 0 aliphatic heterocycles. The number of carbonyl (C=O) groups excluding carboxylic acids is 1. The molecule has 0 heterocycles. The zero-order valence-corrected chi connectivity index (χ0v) is 8.84. The molecule has 7 heteroatoms. The van der Waals surface area contributed by atoms with Gasteiger partial charge < -0.3 is 9.47 Å². The Kier molecular flexibility index (Phi) is 3.80. The fourth-order valence-electron chi connectivity index (χ4n) is 1.75. The summed E-state index contributed by atoms with van der Waals surface area (Å²) in [6.07, 6.45) is -3.69. The third kappa shape index (κ3) is 3.34. The van der Waals surface area contributed by atoms with E-state index in [0.717, 1.165) is 0 Å². The van der Waals surface area contributed by atoms with E-state index in [-0.39, 0.29) is 18.9 Å². The SMILES string of the molecule is CO[C@H]1CCC[C@@](N)(OC(=O)C(F)(F)F)C1. The van der Waals surface area contributed by atoms with Gasteiger partial charge in [-0.05, 0) is 12.8 Å². The number of ether oxygens (including phenoxy) is 2. The second-order valence-corrected chi connectivity index (χ2v) is 3.91. The molecule has 1 saturated carbocycles. The molecule has 0 bridgehead atoms. The van der Waals surface area contributed by atoms with Crippen molar-refractivity contribution in [3.05, 3.63) is 0 Å². The molecule has 0 saturated heterocycles. The van der Waals surface area contributed by atoms with Gasteiger partial charge in [0.1, 0.15) is 0 Å². The highest BCUT2D eigenvalue weighted by Gasteiger charge is 2.46. The van der Waals surface area contributed by atoms with Crippen molar-refractivity contribution in [1.29, 1.82) is 0 Å². The van der Waals surface area contributed by atoms with Crippen LogP contribution in [0.3, 0.4) is 0 Å². The fourth-order valence-corrected chi connectivity index (χ4v) is 1.75. The molecule has 4 nitrogen and oxygen atoms in total. The molecule has 2 atom stereocenters. The van der Waals surface area contributed by atoms with Crippen LogP contribution in [0.2, 0.25) is 0 Å². The zero-order chi connectivity index (χ0) is 12.4. The molecule has 16 heavy (non-hydrogen) atoms. The lowest BCUT2D eigenvalue weighted by molar-refractivity contribution is -0.219. The van der Waals surface area contributed by atoms with E-state index in [2.05, 4.69) is 4.74 Å². The summed E-state index contributed by atoms with van der Waals surface area (Å²) in [5.41, 5.74) is 4.04. The first-order valence-corrected chi connectivity index (χ1v) is 4.89. The molecule has 94 valence electrons. The molecule has 1 aliphatic rings. The van der Waals surface area contributed by atoms with Crippen LogP contribution < -0.4 is 5.73 Å². The van der Waals surface area contributed by atoms with Crippen LogP contribution in [-0.2, 0) is 14.3 Å². The third-order valence-corrected chi connectivity index (χ3v) is 2.56. The number of rotatable bonds is 2. The van der Waals surface area contributed by atoms with Gasteiger partial charge in [0.2, 0.25) is 0 Å². The lowest BCUT2D eigenvalue weighted by Crippen LogP contribution is -2.51. The topological polar surface area (TPSA) is 61.6 Å². The molecule has 0 aromatic heterocycles. The van der Waals surface area contributed by atoms with E-state index in [1.165, 1.54) is 7.11 Å². The van der Waals surface area contributed by atoms with E-state index in [1.807, 2.05) is 0 Å². The second-order valence-electron chi connectivity index (χ2n) is 3.91. The van der Waals surface area contributed by atoms with Crippen LogP contribution in [0.1, 0.15) is 25.7 Å². The lowest BCUT2D eigenvalue weighted by atomic mass is 9.90. The van der Waals surface area contributed by atoms with Crippen molar-refractivity contribution >= 4 is 5.97 Å². The maximum atomic E-state index is 12.0. The summed E-state index contributed by atoms with van der Waals surface area (Å²) in [4.78, 5) is 10.7. The summed E-state index contributed by atoms with van der Waals surface area (Å²) >= 11 is 0. The molecular weight excluding hydrogens is 227 g/mol. The molecule has 0 spiro atoms. The van der Waals surface area contributed by atoms with Crippen molar-refractivity contribution in [2.75, 3.05) is 7.11 Å². The van der Waals surface area contributed by atoms with Crippen LogP contribution in [0.4, 0.5) is 13.2 Å². The summed E-state index contributed by atoms with van der Waals surface area (Å²) < 4.78 is 45.3. The van der Waals surface area contributed by atoms with Gasteiger partial charge >= 0.3 is 12.1 Å². The molecule has 2 N–H and O–H groups in total. The van der Waals surface area contributed by atoms with Crippen molar-refractivity contribution in [3.8, 4) is 0 Å². The molecule has 0 radical (unpaired) electrons. The maximum Gasteiger partial charge on any atom is 0.490 e. The summed E-state index contributed by atoms with van der Waals surface area (Å²) in [6.45, 7) is 0. The first-order valence-electron chi connectivity index (χ1n) is 4.89. The Hall–Kier alpha value is -0.820. The standard InChI is InChI=1S/C9H14F3NO3/c1-15-6-3-2-4-8(13,5-6)16-7(14)9(10,11)12/h6H,2-5,13H2,1H3/t6-,8+/m0/s1. The summed E-state index contributed by atoms with van der Waals surface area (Å²) in [6, 6.07) is 0. The van der Waals surface area contributed by atoms with Crippen LogP contribution in [-0.4, -0.2) is 31.1 Å². The molecule has 1 rings (SSSR count). The van der Waals surface area contributed by atoms with Gasteiger partial charge in [0, 0.05) is 20.0 Å². The lowest BCUT2D eigenvalue weighted by Gasteiger charge is -2.36. The van der Waals surface area contributed by atoms with Crippen LogP contribution in [0.25, 0.3) is 0 Å². The minimum Gasteiger partial charge on any atom is -0.437 e. The molecule has 0 amide bonds. The van der Waals surface area contributed by atoms with E-state index in [4.69, 9.17) is 10.5 Å². The Morgan fingerprint density at radius 3 is 2.62 bits per heavy atom. The van der Waals surface area contributed by atoms with Crippen LogP contribution in [0, 0.1) is 0 Å². The van der Waals surface area contributed by atoms with Crippen molar-refractivity contribution in [2.45, 2.75) is 43.7 Å². The van der Waals surface area contributed by atoms with Crippen molar-refractivity contribution < 1.29 is 27.4 Å². The maximum absolute atomic E-state index is 12.0. The van der Waals surface area contributed by atoms with Gasteiger partial charge in [-0.25, -0.2) is 4.79 Å². The van der Waals surface area contributed by atoms with E-state index in [9.17, 15) is 18.0 Å². The Morgan fingerprint density at radius 2 is 2.12 bits per heavy atom. The highest BCUT2D eigenvalue weighted by atomic mass is 19.4. The number of nitrogens with two attached hydrogens (primary N) is 1. The average molecular weight is 241 g/mol. The largest absolute Gasteiger partial charge is 0.490 e. The van der Waals surface area contributed by atoms with Gasteiger partial charge in [0.25, 0.3) is 0 Å². The van der Waals surface area contributed by atoms with Crippen LogP contribution in [0.15, 0.2) is 0 Å². The number of carbonyl (C=O) groups is 1. The van der Waals surface area contributed by atoms with E-state index in [1.54, 1.807) is 0 Å². The Labute approximate surface area is 90.9 Å². The molecule has 1 fully saturated rings. The van der Waals surface area contributed by atoms with Crippen molar-refractivity contribution in [3.63, 3.8) is 0 Å². The molecule has 0 aromatic rings. The Bertz CT molecular complexity index is 269. The first kappa shape index (κ1) is 13.2. The quantitative estimate of drug-likeness (QED) is 0.585. The molecule has 0 unspecified atom stereocenters. The van der Waals surface area contributed by atoms with Gasteiger partial charge in [-0.3, -0.25) is 5.73 Å². The number of alkyl halides is 3. The minimum atomic E-state index is -5.01. The van der Waals surface area contributed by atoms with Gasteiger partial charge in [-0.15, -0.1) is 0 Å². The average Bonchev–Trinajstić information content (AvgIpc) is 2.15. The van der Waals surface area contributed by atoms with Crippen molar-refractivity contribution in [1.82, 2.24) is 0 Å².